The maximum atomic E-state index is 11.0. The number of ether oxygens (including phenoxy) is 1. The van der Waals surface area contributed by atoms with E-state index >= 15 is 0 Å². The number of morpholine rings is 1. The fourth-order valence-corrected chi connectivity index (χ4v) is 3.16. The van der Waals surface area contributed by atoms with Crippen LogP contribution in [0.5, 0.6) is 0 Å². The number of nitrogens with one attached hydrogen (secondary N) is 1. The van der Waals surface area contributed by atoms with Gasteiger partial charge in [0.1, 0.15) is 11.6 Å². The number of rotatable bonds is 4. The lowest BCUT2D eigenvalue weighted by Crippen LogP contribution is -2.40. The molecule has 1 aromatic rings. The predicted octanol–water partition coefficient (Wildman–Crippen LogP) is 0.248. The second kappa shape index (κ2) is 7.65. The van der Waals surface area contributed by atoms with Crippen LogP contribution in [0.4, 0.5) is 17.6 Å². The number of nitrogens with zero attached hydrogens (tertiary/aromatic N) is 4. The molecule has 2 saturated heterocycles. The Kier molecular flexibility index (Phi) is 5.34. The van der Waals surface area contributed by atoms with Gasteiger partial charge in [-0.2, -0.15) is 9.97 Å². The van der Waals surface area contributed by atoms with Crippen LogP contribution in [0.1, 0.15) is 19.8 Å². The topological polar surface area (TPSA) is 96.6 Å². The molecular formula is C16H26N6O2. The second-order valence-corrected chi connectivity index (χ2v) is 6.42. The molecule has 1 amide bonds. The third-order valence-electron chi connectivity index (χ3n) is 4.59. The minimum absolute atomic E-state index is 0.0381. The SMILES string of the molecule is CC(=O)NCC1CCN(c2cc(N)nc(N3CCOCC3)n2)CC1. The summed E-state index contributed by atoms with van der Waals surface area (Å²) >= 11 is 0. The van der Waals surface area contributed by atoms with Gasteiger partial charge >= 0.3 is 0 Å². The molecule has 2 aliphatic rings. The number of piperidine rings is 1. The van der Waals surface area contributed by atoms with Crippen molar-refractivity contribution in [3.05, 3.63) is 6.07 Å². The number of aromatic nitrogens is 2. The molecule has 3 rings (SSSR count). The minimum atomic E-state index is 0.0381. The Morgan fingerprint density at radius 2 is 1.96 bits per heavy atom. The summed E-state index contributed by atoms with van der Waals surface area (Å²) in [4.78, 5) is 24.5. The number of nitrogen functional groups attached to an aromatic ring is 1. The summed E-state index contributed by atoms with van der Waals surface area (Å²) in [6.45, 7) is 7.14. The van der Waals surface area contributed by atoms with Gasteiger partial charge in [0, 0.05) is 45.7 Å². The fraction of sp³-hybridized carbons (Fsp3) is 0.688. The van der Waals surface area contributed by atoms with Gasteiger partial charge < -0.3 is 25.6 Å². The molecular weight excluding hydrogens is 308 g/mol. The summed E-state index contributed by atoms with van der Waals surface area (Å²) < 4.78 is 5.38. The molecule has 0 aliphatic carbocycles. The molecule has 0 aromatic carbocycles. The van der Waals surface area contributed by atoms with Crippen LogP contribution in [-0.4, -0.2) is 61.8 Å². The number of carbonyl (C=O) groups excluding carboxylic acids is 1. The van der Waals surface area contributed by atoms with E-state index in [0.29, 0.717) is 30.9 Å². The molecule has 3 N–H and O–H groups in total. The molecule has 0 atom stereocenters. The molecule has 8 heteroatoms. The Morgan fingerprint density at radius 3 is 2.62 bits per heavy atom. The lowest BCUT2D eigenvalue weighted by atomic mass is 9.97. The molecule has 2 aliphatic heterocycles. The van der Waals surface area contributed by atoms with Crippen molar-refractivity contribution >= 4 is 23.5 Å². The molecule has 132 valence electrons. The van der Waals surface area contributed by atoms with Crippen LogP contribution >= 0.6 is 0 Å². The van der Waals surface area contributed by atoms with E-state index in [4.69, 9.17) is 15.5 Å². The normalized spacial score (nSPS) is 19.4. The maximum absolute atomic E-state index is 11.0. The van der Waals surface area contributed by atoms with E-state index in [-0.39, 0.29) is 5.91 Å². The second-order valence-electron chi connectivity index (χ2n) is 6.42. The summed E-state index contributed by atoms with van der Waals surface area (Å²) in [5.41, 5.74) is 6.00. The molecule has 0 unspecified atom stereocenters. The smallest absolute Gasteiger partial charge is 0.229 e. The largest absolute Gasteiger partial charge is 0.383 e. The van der Waals surface area contributed by atoms with Gasteiger partial charge in [-0.1, -0.05) is 0 Å². The van der Waals surface area contributed by atoms with Gasteiger partial charge in [-0.15, -0.1) is 0 Å². The lowest BCUT2D eigenvalue weighted by molar-refractivity contribution is -0.119. The highest BCUT2D eigenvalue weighted by molar-refractivity contribution is 5.72. The van der Waals surface area contributed by atoms with Crippen molar-refractivity contribution in [2.24, 2.45) is 5.92 Å². The number of hydrogen-bond donors (Lipinski definition) is 2. The van der Waals surface area contributed by atoms with Crippen molar-refractivity contribution in [1.82, 2.24) is 15.3 Å². The first-order valence-electron chi connectivity index (χ1n) is 8.58. The Balaban J connectivity index is 1.62. The summed E-state index contributed by atoms with van der Waals surface area (Å²) in [5.74, 6) is 2.65. The van der Waals surface area contributed by atoms with E-state index < -0.39 is 0 Å². The van der Waals surface area contributed by atoms with E-state index in [1.807, 2.05) is 6.07 Å². The van der Waals surface area contributed by atoms with E-state index in [2.05, 4.69) is 20.1 Å². The summed E-state index contributed by atoms with van der Waals surface area (Å²) in [5, 5.41) is 2.91. The van der Waals surface area contributed by atoms with Crippen LogP contribution < -0.4 is 20.9 Å². The van der Waals surface area contributed by atoms with Crippen molar-refractivity contribution in [1.29, 1.82) is 0 Å². The van der Waals surface area contributed by atoms with Crippen LogP contribution in [0, 0.1) is 5.92 Å². The van der Waals surface area contributed by atoms with Crippen molar-refractivity contribution in [3.8, 4) is 0 Å². The zero-order valence-electron chi connectivity index (χ0n) is 14.2. The standard InChI is InChI=1S/C16H26N6O2/c1-12(23)18-11-13-2-4-21(5-3-13)15-10-14(17)19-16(20-15)22-6-8-24-9-7-22/h10,13H,2-9,11H2,1H3,(H,18,23)(H2,17,19,20). The third kappa shape index (κ3) is 4.25. The van der Waals surface area contributed by atoms with Gasteiger partial charge in [0.05, 0.1) is 13.2 Å². The molecule has 2 fully saturated rings. The number of hydrogen-bond acceptors (Lipinski definition) is 7. The molecule has 0 radical (unpaired) electrons. The molecule has 3 heterocycles. The van der Waals surface area contributed by atoms with Crippen LogP contribution in [0.3, 0.4) is 0 Å². The maximum Gasteiger partial charge on any atom is 0.229 e. The Morgan fingerprint density at radius 1 is 1.25 bits per heavy atom. The van der Waals surface area contributed by atoms with Gasteiger partial charge in [-0.25, -0.2) is 0 Å². The summed E-state index contributed by atoms with van der Waals surface area (Å²) in [7, 11) is 0. The third-order valence-corrected chi connectivity index (χ3v) is 4.59. The minimum Gasteiger partial charge on any atom is -0.383 e. The van der Waals surface area contributed by atoms with E-state index in [1.54, 1.807) is 6.92 Å². The average molecular weight is 334 g/mol. The first-order valence-corrected chi connectivity index (χ1v) is 8.58. The molecule has 0 bridgehead atoms. The van der Waals surface area contributed by atoms with Crippen molar-refractivity contribution in [3.63, 3.8) is 0 Å². The van der Waals surface area contributed by atoms with Gasteiger partial charge in [0.2, 0.25) is 11.9 Å². The number of nitrogens with two attached hydrogens (primary N) is 1. The molecule has 1 aromatic heterocycles. The zero-order chi connectivity index (χ0) is 16.9. The van der Waals surface area contributed by atoms with Gasteiger partial charge in [-0.05, 0) is 18.8 Å². The molecule has 0 spiro atoms. The predicted molar refractivity (Wildman–Crippen MR) is 93.1 cm³/mol. The number of carbonyl (C=O) groups is 1. The van der Waals surface area contributed by atoms with Crippen LogP contribution in [0.15, 0.2) is 6.07 Å². The zero-order valence-corrected chi connectivity index (χ0v) is 14.2. The van der Waals surface area contributed by atoms with Gasteiger partial charge in [-0.3, -0.25) is 4.79 Å². The fourth-order valence-electron chi connectivity index (χ4n) is 3.16. The van der Waals surface area contributed by atoms with Crippen LogP contribution in [0.2, 0.25) is 0 Å². The highest BCUT2D eigenvalue weighted by atomic mass is 16.5. The van der Waals surface area contributed by atoms with Crippen LogP contribution in [0.25, 0.3) is 0 Å². The van der Waals surface area contributed by atoms with E-state index in [9.17, 15) is 4.79 Å². The Bertz CT molecular complexity index is 568. The van der Waals surface area contributed by atoms with E-state index in [0.717, 1.165) is 51.4 Å². The quantitative estimate of drug-likeness (QED) is 0.814. The highest BCUT2D eigenvalue weighted by Gasteiger charge is 2.22. The van der Waals surface area contributed by atoms with Crippen molar-refractivity contribution < 1.29 is 9.53 Å². The Hall–Kier alpha value is -2.09. The van der Waals surface area contributed by atoms with Gasteiger partial charge in [0.15, 0.2) is 0 Å². The molecule has 24 heavy (non-hydrogen) atoms. The number of anilines is 3. The summed E-state index contributed by atoms with van der Waals surface area (Å²) in [6, 6.07) is 1.85. The molecule has 8 nitrogen and oxygen atoms in total. The first kappa shape index (κ1) is 16.8. The first-order chi connectivity index (χ1) is 11.6. The highest BCUT2D eigenvalue weighted by Crippen LogP contribution is 2.24. The van der Waals surface area contributed by atoms with Crippen LogP contribution in [-0.2, 0) is 9.53 Å². The van der Waals surface area contributed by atoms with Gasteiger partial charge in [0.25, 0.3) is 0 Å². The van der Waals surface area contributed by atoms with E-state index in [1.165, 1.54) is 0 Å². The average Bonchev–Trinajstić information content (AvgIpc) is 2.60. The molecule has 0 saturated carbocycles. The van der Waals surface area contributed by atoms with Crippen molar-refractivity contribution in [2.45, 2.75) is 19.8 Å². The Labute approximate surface area is 142 Å². The summed E-state index contributed by atoms with van der Waals surface area (Å²) in [6.07, 6.45) is 2.08. The van der Waals surface area contributed by atoms with Crippen molar-refractivity contribution in [2.75, 3.05) is 61.5 Å². The monoisotopic (exact) mass is 334 g/mol. The number of amides is 1. The lowest BCUT2D eigenvalue weighted by Gasteiger charge is -2.34.